The van der Waals surface area contributed by atoms with E-state index in [1.165, 1.54) is 0 Å². The first kappa shape index (κ1) is 16.8. The van der Waals surface area contributed by atoms with Gasteiger partial charge in [0.25, 0.3) is 0 Å². The van der Waals surface area contributed by atoms with Crippen LogP contribution in [0.1, 0.15) is 18.6 Å². The topological polar surface area (TPSA) is 35.9 Å². The maximum absolute atomic E-state index is 10.6. The summed E-state index contributed by atoms with van der Waals surface area (Å²) in [5, 5.41) is 10.6. The zero-order valence-electron chi connectivity index (χ0n) is 14.4. The number of piperazine rings is 1. The van der Waals surface area contributed by atoms with Crippen molar-refractivity contribution in [2.24, 2.45) is 0 Å². The smallest absolute Gasteiger partial charge is 0.142 e. The summed E-state index contributed by atoms with van der Waals surface area (Å²) < 4.78 is 5.47. The van der Waals surface area contributed by atoms with Gasteiger partial charge in [0.2, 0.25) is 0 Å². The molecule has 4 nitrogen and oxygen atoms in total. The number of nitrogens with zero attached hydrogens (tertiary/aromatic N) is 2. The Labute approximate surface area is 144 Å². The monoisotopic (exact) mass is 326 g/mol. The first-order valence-corrected chi connectivity index (χ1v) is 8.55. The van der Waals surface area contributed by atoms with Gasteiger partial charge in [-0.2, -0.15) is 0 Å². The minimum Gasteiger partial charge on any atom is -0.495 e. The van der Waals surface area contributed by atoms with E-state index < -0.39 is 6.10 Å². The largest absolute Gasteiger partial charge is 0.495 e. The summed E-state index contributed by atoms with van der Waals surface area (Å²) in [5.74, 6) is 0.920. The fraction of sp³-hybridized carbons (Fsp3) is 0.400. The van der Waals surface area contributed by atoms with Gasteiger partial charge in [-0.15, -0.1) is 0 Å². The Kier molecular flexibility index (Phi) is 5.38. The van der Waals surface area contributed by atoms with Crippen molar-refractivity contribution < 1.29 is 9.84 Å². The number of aliphatic hydroxyl groups excluding tert-OH is 1. The Balaban J connectivity index is 1.62. The van der Waals surface area contributed by atoms with Gasteiger partial charge in [0.1, 0.15) is 5.75 Å². The molecule has 1 saturated heterocycles. The normalized spacial score (nSPS) is 18.2. The second-order valence-corrected chi connectivity index (χ2v) is 6.29. The molecule has 2 aromatic carbocycles. The third-order valence-electron chi connectivity index (χ3n) is 4.91. The highest BCUT2D eigenvalue weighted by molar-refractivity contribution is 5.58. The molecule has 2 aromatic rings. The molecule has 1 aliphatic rings. The molecule has 0 amide bonds. The molecule has 2 atom stereocenters. The van der Waals surface area contributed by atoms with Gasteiger partial charge in [-0.3, -0.25) is 4.90 Å². The molecule has 0 spiro atoms. The molecular weight excluding hydrogens is 300 g/mol. The Bertz CT molecular complexity index is 639. The summed E-state index contributed by atoms with van der Waals surface area (Å²) in [5.41, 5.74) is 2.13. The molecular formula is C20H26N2O2. The highest BCUT2D eigenvalue weighted by Crippen LogP contribution is 2.29. The van der Waals surface area contributed by atoms with Crippen molar-refractivity contribution in [3.63, 3.8) is 0 Å². The van der Waals surface area contributed by atoms with Gasteiger partial charge in [-0.1, -0.05) is 42.5 Å². The lowest BCUT2D eigenvalue weighted by atomic mass is 10.0. The lowest BCUT2D eigenvalue weighted by Crippen LogP contribution is -2.51. The second kappa shape index (κ2) is 7.69. The van der Waals surface area contributed by atoms with E-state index in [1.807, 2.05) is 48.5 Å². The SMILES string of the molecule is COc1ccccc1N1CCN([C@@H](C)[C@@H](O)c2ccccc2)CC1. The molecule has 0 bridgehead atoms. The molecule has 0 saturated carbocycles. The van der Waals surface area contributed by atoms with Crippen molar-refractivity contribution in [1.82, 2.24) is 4.90 Å². The van der Waals surface area contributed by atoms with Crippen LogP contribution in [0.5, 0.6) is 5.75 Å². The van der Waals surface area contributed by atoms with Crippen LogP contribution >= 0.6 is 0 Å². The van der Waals surface area contributed by atoms with E-state index in [4.69, 9.17) is 4.74 Å². The molecule has 4 heteroatoms. The second-order valence-electron chi connectivity index (χ2n) is 6.29. The summed E-state index contributed by atoms with van der Waals surface area (Å²) in [6.45, 7) is 5.85. The first-order chi connectivity index (χ1) is 11.7. The number of ether oxygens (including phenoxy) is 1. The number of methoxy groups -OCH3 is 1. The van der Waals surface area contributed by atoms with Crippen LogP contribution in [-0.2, 0) is 0 Å². The van der Waals surface area contributed by atoms with Gasteiger partial charge in [0.05, 0.1) is 18.9 Å². The van der Waals surface area contributed by atoms with E-state index in [0.29, 0.717) is 0 Å². The van der Waals surface area contributed by atoms with Crippen LogP contribution in [0.4, 0.5) is 5.69 Å². The number of hydrogen-bond acceptors (Lipinski definition) is 4. The Hall–Kier alpha value is -2.04. The number of rotatable bonds is 5. The van der Waals surface area contributed by atoms with E-state index in [9.17, 15) is 5.11 Å². The van der Waals surface area contributed by atoms with E-state index in [1.54, 1.807) is 7.11 Å². The Morgan fingerprint density at radius 1 is 0.917 bits per heavy atom. The van der Waals surface area contributed by atoms with E-state index in [0.717, 1.165) is 43.2 Å². The van der Waals surface area contributed by atoms with Gasteiger partial charge in [0, 0.05) is 32.2 Å². The van der Waals surface area contributed by atoms with Crippen molar-refractivity contribution in [1.29, 1.82) is 0 Å². The first-order valence-electron chi connectivity index (χ1n) is 8.55. The molecule has 3 rings (SSSR count). The van der Waals surface area contributed by atoms with Gasteiger partial charge in [0.15, 0.2) is 0 Å². The van der Waals surface area contributed by atoms with Crippen molar-refractivity contribution in [2.45, 2.75) is 19.1 Å². The predicted molar refractivity (Wildman–Crippen MR) is 97.6 cm³/mol. The lowest BCUT2D eigenvalue weighted by molar-refractivity contribution is 0.0545. The average Bonchev–Trinajstić information content (AvgIpc) is 2.67. The van der Waals surface area contributed by atoms with Gasteiger partial charge in [-0.05, 0) is 24.6 Å². The zero-order valence-corrected chi connectivity index (χ0v) is 14.4. The minimum atomic E-state index is -0.455. The maximum Gasteiger partial charge on any atom is 0.142 e. The molecule has 1 N–H and O–H groups in total. The van der Waals surface area contributed by atoms with Crippen LogP contribution in [0.3, 0.4) is 0 Å². The quantitative estimate of drug-likeness (QED) is 0.916. The van der Waals surface area contributed by atoms with Crippen molar-refractivity contribution in [3.8, 4) is 5.75 Å². The van der Waals surface area contributed by atoms with E-state index >= 15 is 0 Å². The van der Waals surface area contributed by atoms with Crippen molar-refractivity contribution in [2.75, 3.05) is 38.2 Å². The third kappa shape index (κ3) is 3.55. The van der Waals surface area contributed by atoms with E-state index in [-0.39, 0.29) is 6.04 Å². The van der Waals surface area contributed by atoms with E-state index in [2.05, 4.69) is 22.8 Å². The number of hydrogen-bond donors (Lipinski definition) is 1. The van der Waals surface area contributed by atoms with Gasteiger partial charge < -0.3 is 14.7 Å². The Morgan fingerprint density at radius 3 is 2.21 bits per heavy atom. The number of anilines is 1. The van der Waals surface area contributed by atoms with Gasteiger partial charge in [-0.25, -0.2) is 0 Å². The minimum absolute atomic E-state index is 0.104. The van der Waals surface area contributed by atoms with Crippen LogP contribution in [0, 0.1) is 0 Å². The molecule has 128 valence electrons. The van der Waals surface area contributed by atoms with Crippen LogP contribution in [0.2, 0.25) is 0 Å². The highest BCUT2D eigenvalue weighted by atomic mass is 16.5. The molecule has 1 heterocycles. The van der Waals surface area contributed by atoms with Crippen LogP contribution in [-0.4, -0.2) is 49.3 Å². The molecule has 0 aliphatic carbocycles. The lowest BCUT2D eigenvalue weighted by Gasteiger charge is -2.40. The molecule has 1 aliphatic heterocycles. The average molecular weight is 326 g/mol. The third-order valence-corrected chi connectivity index (χ3v) is 4.91. The van der Waals surface area contributed by atoms with Gasteiger partial charge >= 0.3 is 0 Å². The van der Waals surface area contributed by atoms with Crippen LogP contribution in [0.25, 0.3) is 0 Å². The molecule has 0 radical (unpaired) electrons. The van der Waals surface area contributed by atoms with Crippen molar-refractivity contribution in [3.05, 3.63) is 60.2 Å². The summed E-state index contributed by atoms with van der Waals surface area (Å²) in [6, 6.07) is 18.2. The summed E-state index contributed by atoms with van der Waals surface area (Å²) in [7, 11) is 1.72. The maximum atomic E-state index is 10.6. The van der Waals surface area contributed by atoms with Crippen LogP contribution in [0.15, 0.2) is 54.6 Å². The summed E-state index contributed by atoms with van der Waals surface area (Å²) in [4.78, 5) is 4.72. The molecule has 1 fully saturated rings. The zero-order chi connectivity index (χ0) is 16.9. The van der Waals surface area contributed by atoms with Crippen molar-refractivity contribution >= 4 is 5.69 Å². The van der Waals surface area contributed by atoms with Crippen LogP contribution < -0.4 is 9.64 Å². The number of aliphatic hydroxyl groups is 1. The molecule has 0 unspecified atom stereocenters. The fourth-order valence-corrected chi connectivity index (χ4v) is 3.39. The fourth-order valence-electron chi connectivity index (χ4n) is 3.39. The standard InChI is InChI=1S/C20H26N2O2/c1-16(20(23)17-8-4-3-5-9-17)21-12-14-22(15-13-21)18-10-6-7-11-19(18)24-2/h3-11,16,20,23H,12-15H2,1-2H3/t16-,20+/m0/s1. The number of benzene rings is 2. The molecule has 0 aromatic heterocycles. The highest BCUT2D eigenvalue weighted by Gasteiger charge is 2.27. The molecule has 24 heavy (non-hydrogen) atoms. The summed E-state index contributed by atoms with van der Waals surface area (Å²) >= 11 is 0. The predicted octanol–water partition coefficient (Wildman–Crippen LogP) is 2.94. The summed E-state index contributed by atoms with van der Waals surface area (Å²) in [6.07, 6.45) is -0.455. The Morgan fingerprint density at radius 2 is 1.54 bits per heavy atom. The number of para-hydroxylation sites is 2.